The summed E-state index contributed by atoms with van der Waals surface area (Å²) in [6, 6.07) is 17.1. The first kappa shape index (κ1) is 16.0. The third-order valence-corrected chi connectivity index (χ3v) is 4.43. The van der Waals surface area contributed by atoms with Gasteiger partial charge in [0.2, 0.25) is 0 Å². The van der Waals surface area contributed by atoms with E-state index in [4.69, 9.17) is 0 Å². The fraction of sp³-hybridized carbons (Fsp3) is 0.0952. The summed E-state index contributed by atoms with van der Waals surface area (Å²) in [7, 11) is 0. The molecule has 0 aliphatic rings. The molecule has 0 atom stereocenters. The summed E-state index contributed by atoms with van der Waals surface area (Å²) in [5.41, 5.74) is 2.94. The summed E-state index contributed by atoms with van der Waals surface area (Å²) < 4.78 is 0. The molecule has 0 aliphatic carbocycles. The minimum atomic E-state index is -0.352. The summed E-state index contributed by atoms with van der Waals surface area (Å²) in [4.78, 5) is 35.5. The lowest BCUT2D eigenvalue weighted by molar-refractivity contribution is 0.0982. The van der Waals surface area contributed by atoms with Gasteiger partial charge in [-0.15, -0.1) is 0 Å². The van der Waals surface area contributed by atoms with Crippen molar-refractivity contribution < 1.29 is 4.79 Å². The van der Waals surface area contributed by atoms with E-state index in [9.17, 15) is 9.59 Å². The van der Waals surface area contributed by atoms with Crippen molar-refractivity contribution >= 4 is 16.7 Å². The van der Waals surface area contributed by atoms with Crippen LogP contribution in [-0.2, 0) is 6.42 Å². The highest BCUT2D eigenvalue weighted by Gasteiger charge is 2.20. The number of nitrogens with one attached hydrogen (secondary N) is 2. The van der Waals surface area contributed by atoms with Crippen LogP contribution in [-0.4, -0.2) is 20.7 Å². The highest BCUT2D eigenvalue weighted by Crippen LogP contribution is 2.30. The highest BCUT2D eigenvalue weighted by atomic mass is 16.1. The number of benzene rings is 2. The molecule has 4 aromatic rings. The van der Waals surface area contributed by atoms with Crippen molar-refractivity contribution in [3.05, 3.63) is 88.7 Å². The van der Waals surface area contributed by atoms with Gasteiger partial charge in [-0.2, -0.15) is 0 Å². The van der Waals surface area contributed by atoms with E-state index in [2.05, 4.69) is 15.0 Å². The van der Waals surface area contributed by atoms with Crippen LogP contribution in [0.4, 0.5) is 0 Å². The number of carbonyl (C=O) groups is 1. The number of imidazole rings is 1. The Morgan fingerprint density at radius 2 is 1.77 bits per heavy atom. The molecule has 0 unspecified atom stereocenters. The van der Waals surface area contributed by atoms with Crippen molar-refractivity contribution in [3.8, 4) is 11.1 Å². The number of hydrogen-bond donors (Lipinski definition) is 2. The molecule has 0 aliphatic heterocycles. The summed E-state index contributed by atoms with van der Waals surface area (Å²) in [6.07, 6.45) is 4.06. The molecular weight excluding hydrogens is 326 g/mol. The summed E-state index contributed by atoms with van der Waals surface area (Å²) in [5.74, 6) is -0.182. The van der Waals surface area contributed by atoms with E-state index < -0.39 is 0 Å². The first-order valence-electron chi connectivity index (χ1n) is 8.45. The molecule has 0 fully saturated rings. The number of rotatable bonds is 5. The van der Waals surface area contributed by atoms with E-state index in [0.717, 1.165) is 22.2 Å². The lowest BCUT2D eigenvalue weighted by atomic mass is 9.92. The fourth-order valence-electron chi connectivity index (χ4n) is 3.21. The predicted molar refractivity (Wildman–Crippen MR) is 101 cm³/mol. The van der Waals surface area contributed by atoms with Gasteiger partial charge in [0, 0.05) is 29.1 Å². The molecular formula is C21H17N3O2. The number of aromatic nitrogens is 3. The maximum atomic E-state index is 12.9. The van der Waals surface area contributed by atoms with Gasteiger partial charge in [0.15, 0.2) is 5.78 Å². The Morgan fingerprint density at radius 1 is 1.00 bits per heavy atom. The standard InChI is InChI=1S/C21H17N3O2/c25-18(11-10-15-12-22-13-23-15)20-19(14-6-2-1-3-7-14)16-8-4-5-9-17(16)24-21(20)26/h1-9,12-13H,10-11H2,(H,22,23)(H,24,26). The van der Waals surface area contributed by atoms with Gasteiger partial charge < -0.3 is 9.97 Å². The van der Waals surface area contributed by atoms with Crippen molar-refractivity contribution in [2.75, 3.05) is 0 Å². The molecule has 5 nitrogen and oxygen atoms in total. The van der Waals surface area contributed by atoms with E-state index in [1.54, 1.807) is 12.5 Å². The van der Waals surface area contributed by atoms with Crippen molar-refractivity contribution in [2.24, 2.45) is 0 Å². The molecule has 0 amide bonds. The van der Waals surface area contributed by atoms with Crippen molar-refractivity contribution in [2.45, 2.75) is 12.8 Å². The monoisotopic (exact) mass is 343 g/mol. The third-order valence-electron chi connectivity index (χ3n) is 4.43. The second-order valence-corrected chi connectivity index (χ2v) is 6.10. The Kier molecular flexibility index (Phi) is 4.19. The molecule has 2 heterocycles. The Labute approximate surface area is 149 Å². The lowest BCUT2D eigenvalue weighted by Crippen LogP contribution is -2.20. The molecule has 0 saturated heterocycles. The second kappa shape index (κ2) is 6.80. The van der Waals surface area contributed by atoms with Crippen molar-refractivity contribution in [1.82, 2.24) is 15.0 Å². The number of hydrogen-bond acceptors (Lipinski definition) is 3. The Morgan fingerprint density at radius 3 is 2.54 bits per heavy atom. The van der Waals surface area contributed by atoms with E-state index in [1.807, 2.05) is 54.6 Å². The SMILES string of the molecule is O=C(CCc1c[nH]cn1)c1c(-c2ccccc2)c2ccccc2[nH]c1=O. The van der Waals surface area contributed by atoms with Crippen molar-refractivity contribution in [1.29, 1.82) is 0 Å². The minimum absolute atomic E-state index is 0.182. The van der Waals surface area contributed by atoms with Crippen molar-refractivity contribution in [3.63, 3.8) is 0 Å². The average molecular weight is 343 g/mol. The number of para-hydroxylation sites is 1. The third kappa shape index (κ3) is 2.95. The Bertz CT molecular complexity index is 1110. The van der Waals surface area contributed by atoms with Gasteiger partial charge in [-0.05, 0) is 18.1 Å². The van der Waals surface area contributed by atoms with Gasteiger partial charge in [-0.25, -0.2) is 4.98 Å². The summed E-state index contributed by atoms with van der Waals surface area (Å²) in [6.45, 7) is 0. The number of nitrogens with zero attached hydrogens (tertiary/aromatic N) is 1. The van der Waals surface area contributed by atoms with Gasteiger partial charge in [0.25, 0.3) is 5.56 Å². The zero-order valence-corrected chi connectivity index (χ0v) is 14.0. The smallest absolute Gasteiger partial charge is 0.259 e. The van der Waals surface area contributed by atoms with E-state index >= 15 is 0 Å². The molecule has 128 valence electrons. The van der Waals surface area contributed by atoms with Crippen LogP contribution < -0.4 is 5.56 Å². The summed E-state index contributed by atoms with van der Waals surface area (Å²) >= 11 is 0. The second-order valence-electron chi connectivity index (χ2n) is 6.10. The zero-order chi connectivity index (χ0) is 17.9. The summed E-state index contributed by atoms with van der Waals surface area (Å²) in [5, 5.41) is 0.862. The van der Waals surface area contributed by atoms with E-state index in [0.29, 0.717) is 12.0 Å². The largest absolute Gasteiger partial charge is 0.351 e. The molecule has 0 radical (unpaired) electrons. The quantitative estimate of drug-likeness (QED) is 0.542. The number of pyridine rings is 1. The first-order valence-corrected chi connectivity index (χ1v) is 8.45. The minimum Gasteiger partial charge on any atom is -0.351 e. The van der Waals surface area contributed by atoms with Crippen LogP contribution in [0.15, 0.2) is 71.9 Å². The molecule has 0 bridgehead atoms. The van der Waals surface area contributed by atoms with Crippen LogP contribution in [0.25, 0.3) is 22.0 Å². The Balaban J connectivity index is 1.86. The van der Waals surface area contributed by atoms with Crippen LogP contribution in [0, 0.1) is 0 Å². The van der Waals surface area contributed by atoms with Gasteiger partial charge in [0.05, 0.1) is 17.6 Å². The van der Waals surface area contributed by atoms with E-state index in [1.165, 1.54) is 0 Å². The predicted octanol–water partition coefficient (Wildman–Crippen LogP) is 3.73. The van der Waals surface area contributed by atoms with Gasteiger partial charge in [-0.3, -0.25) is 9.59 Å². The number of aryl methyl sites for hydroxylation is 1. The van der Waals surface area contributed by atoms with Crippen LogP contribution >= 0.6 is 0 Å². The topological polar surface area (TPSA) is 78.6 Å². The Hall–Kier alpha value is -3.47. The molecule has 4 rings (SSSR count). The average Bonchev–Trinajstić information content (AvgIpc) is 3.19. The van der Waals surface area contributed by atoms with Crippen LogP contribution in [0.5, 0.6) is 0 Å². The number of aromatic amines is 2. The van der Waals surface area contributed by atoms with E-state index in [-0.39, 0.29) is 23.3 Å². The lowest BCUT2D eigenvalue weighted by Gasteiger charge is -2.12. The molecule has 2 N–H and O–H groups in total. The first-order chi connectivity index (χ1) is 12.7. The highest BCUT2D eigenvalue weighted by molar-refractivity contribution is 6.09. The van der Waals surface area contributed by atoms with Crippen LogP contribution in [0.3, 0.4) is 0 Å². The van der Waals surface area contributed by atoms with Gasteiger partial charge in [0.1, 0.15) is 0 Å². The number of Topliss-reactive ketones (excluding diaryl/α,β-unsaturated/α-hetero) is 1. The normalized spacial score (nSPS) is 10.9. The van der Waals surface area contributed by atoms with Gasteiger partial charge >= 0.3 is 0 Å². The molecule has 26 heavy (non-hydrogen) atoms. The maximum absolute atomic E-state index is 12.9. The molecule has 5 heteroatoms. The fourth-order valence-corrected chi connectivity index (χ4v) is 3.21. The molecule has 0 spiro atoms. The molecule has 0 saturated carbocycles. The number of H-pyrrole nitrogens is 2. The van der Waals surface area contributed by atoms with Crippen LogP contribution in [0.2, 0.25) is 0 Å². The molecule has 2 aromatic heterocycles. The number of fused-ring (bicyclic) bond motifs is 1. The maximum Gasteiger partial charge on any atom is 0.259 e. The zero-order valence-electron chi connectivity index (χ0n) is 14.0. The van der Waals surface area contributed by atoms with Gasteiger partial charge in [-0.1, -0.05) is 48.5 Å². The number of carbonyl (C=O) groups excluding carboxylic acids is 1. The molecule has 2 aromatic carbocycles. The number of ketones is 1. The van der Waals surface area contributed by atoms with Crippen LogP contribution in [0.1, 0.15) is 22.5 Å².